The van der Waals surface area contributed by atoms with Crippen molar-refractivity contribution in [2.75, 3.05) is 44.6 Å². The van der Waals surface area contributed by atoms with Crippen molar-refractivity contribution in [3.63, 3.8) is 0 Å². The number of unbranched alkanes of at least 4 members (excludes halogenated alkanes) is 1. The number of pyridine rings is 1. The highest BCUT2D eigenvalue weighted by atomic mass is 16.5. The van der Waals surface area contributed by atoms with Gasteiger partial charge in [-0.05, 0) is 97.2 Å². The highest BCUT2D eigenvalue weighted by Crippen LogP contribution is 2.28. The van der Waals surface area contributed by atoms with E-state index in [9.17, 15) is 14.7 Å². The maximum absolute atomic E-state index is 12.8. The Bertz CT molecular complexity index is 891. The summed E-state index contributed by atoms with van der Waals surface area (Å²) in [6.45, 7) is 12.5. The van der Waals surface area contributed by atoms with Gasteiger partial charge in [0.1, 0.15) is 11.9 Å². The first-order valence-electron chi connectivity index (χ1n) is 14.0. The van der Waals surface area contributed by atoms with Crippen molar-refractivity contribution in [1.29, 1.82) is 0 Å². The number of urea groups is 1. The largest absolute Gasteiger partial charge is 0.480 e. The number of nitrogens with zero attached hydrogens (tertiary/aromatic N) is 3. The van der Waals surface area contributed by atoms with E-state index < -0.39 is 12.0 Å². The van der Waals surface area contributed by atoms with Crippen molar-refractivity contribution in [3.05, 3.63) is 23.4 Å². The lowest BCUT2D eigenvalue weighted by atomic mass is 10.0. The molecule has 1 unspecified atom stereocenters. The molecule has 0 saturated carbocycles. The number of amides is 2. The predicted molar refractivity (Wildman–Crippen MR) is 146 cm³/mol. The average molecular weight is 518 g/mol. The summed E-state index contributed by atoms with van der Waals surface area (Å²) in [6, 6.07) is 3.14. The molecule has 3 heterocycles. The number of likely N-dealkylation sites (tertiary alicyclic amines) is 1. The van der Waals surface area contributed by atoms with Gasteiger partial charge < -0.3 is 30.3 Å². The highest BCUT2D eigenvalue weighted by molar-refractivity contribution is 5.83. The summed E-state index contributed by atoms with van der Waals surface area (Å²) in [5.74, 6) is 0.0473. The van der Waals surface area contributed by atoms with Crippen molar-refractivity contribution in [3.8, 4) is 0 Å². The van der Waals surface area contributed by atoms with E-state index in [0.717, 1.165) is 76.1 Å². The van der Waals surface area contributed by atoms with Gasteiger partial charge in [-0.25, -0.2) is 14.6 Å². The fourth-order valence-corrected chi connectivity index (χ4v) is 5.18. The minimum atomic E-state index is -0.990. The zero-order valence-electron chi connectivity index (χ0n) is 23.2. The molecule has 1 aromatic rings. The zero-order valence-corrected chi connectivity index (χ0v) is 23.2. The lowest BCUT2D eigenvalue weighted by Crippen LogP contribution is -2.53. The first-order chi connectivity index (χ1) is 17.7. The highest BCUT2D eigenvalue weighted by Gasteiger charge is 2.36. The Morgan fingerprint density at radius 3 is 2.73 bits per heavy atom. The van der Waals surface area contributed by atoms with E-state index in [1.54, 1.807) is 4.90 Å². The molecular weight excluding hydrogens is 470 g/mol. The van der Waals surface area contributed by atoms with Gasteiger partial charge in [0.25, 0.3) is 0 Å². The molecule has 1 aromatic heterocycles. The third-order valence-electron chi connectivity index (χ3n) is 7.44. The molecule has 0 bridgehead atoms. The first-order valence-corrected chi connectivity index (χ1v) is 14.0. The Kier molecular flexibility index (Phi) is 11.0. The number of aryl methyl sites for hydroxylation is 2. The van der Waals surface area contributed by atoms with Gasteiger partial charge in [-0.1, -0.05) is 6.07 Å². The normalized spacial score (nSPS) is 17.5. The van der Waals surface area contributed by atoms with Gasteiger partial charge in [0, 0.05) is 37.4 Å². The van der Waals surface area contributed by atoms with Crippen LogP contribution in [0.2, 0.25) is 0 Å². The van der Waals surface area contributed by atoms with E-state index >= 15 is 0 Å². The number of hydrogen-bond donors (Lipinski definition) is 3. The molecule has 2 amide bonds. The average Bonchev–Trinajstić information content (AvgIpc) is 3.22. The lowest BCUT2D eigenvalue weighted by Gasteiger charge is -2.33. The summed E-state index contributed by atoms with van der Waals surface area (Å²) >= 11 is 0. The van der Waals surface area contributed by atoms with Gasteiger partial charge in [-0.15, -0.1) is 0 Å². The zero-order chi connectivity index (χ0) is 26.8. The fourth-order valence-electron chi connectivity index (χ4n) is 5.18. The Hall–Kier alpha value is -2.39. The van der Waals surface area contributed by atoms with Crippen molar-refractivity contribution < 1.29 is 19.4 Å². The second-order valence-electron chi connectivity index (χ2n) is 11.3. The van der Waals surface area contributed by atoms with Gasteiger partial charge >= 0.3 is 12.0 Å². The third kappa shape index (κ3) is 9.14. The molecule has 1 atom stereocenters. The maximum Gasteiger partial charge on any atom is 0.326 e. The summed E-state index contributed by atoms with van der Waals surface area (Å²) in [4.78, 5) is 33.6. The molecule has 9 heteroatoms. The summed E-state index contributed by atoms with van der Waals surface area (Å²) in [5.41, 5.74) is 2.18. The number of carbonyl (C=O) groups excluding carboxylic acids is 1. The van der Waals surface area contributed by atoms with E-state index in [-0.39, 0.29) is 17.7 Å². The van der Waals surface area contributed by atoms with Crippen LogP contribution in [0.15, 0.2) is 12.1 Å². The SMILES string of the molecule is CC(C)OCCN(CCCCc1ccc2c(n1)NCCC2)CCC(NC(=O)N1CCCC1(C)C)C(=O)O. The molecule has 37 heavy (non-hydrogen) atoms. The molecule has 3 rings (SSSR count). The van der Waals surface area contributed by atoms with Crippen LogP contribution in [0.4, 0.5) is 10.6 Å². The monoisotopic (exact) mass is 517 g/mol. The quantitative estimate of drug-likeness (QED) is 0.321. The number of aromatic nitrogens is 1. The Morgan fingerprint density at radius 2 is 2.03 bits per heavy atom. The number of ether oxygens (including phenoxy) is 1. The predicted octanol–water partition coefficient (Wildman–Crippen LogP) is 3.92. The Balaban J connectivity index is 1.49. The smallest absolute Gasteiger partial charge is 0.326 e. The van der Waals surface area contributed by atoms with Crippen LogP contribution in [0.5, 0.6) is 0 Å². The molecule has 0 spiro atoms. The van der Waals surface area contributed by atoms with Crippen LogP contribution in [0, 0.1) is 0 Å². The summed E-state index contributed by atoms with van der Waals surface area (Å²) < 4.78 is 5.76. The summed E-state index contributed by atoms with van der Waals surface area (Å²) in [6.07, 6.45) is 7.55. The van der Waals surface area contributed by atoms with Crippen molar-refractivity contribution in [2.45, 2.75) is 96.7 Å². The molecule has 3 N–H and O–H groups in total. The minimum Gasteiger partial charge on any atom is -0.480 e. The summed E-state index contributed by atoms with van der Waals surface area (Å²) in [5, 5.41) is 16.0. The molecule has 0 aromatic carbocycles. The van der Waals surface area contributed by atoms with E-state index in [4.69, 9.17) is 9.72 Å². The van der Waals surface area contributed by atoms with E-state index in [2.05, 4.69) is 27.7 Å². The number of carboxylic acid groups (broad SMARTS) is 1. The second kappa shape index (κ2) is 14.0. The van der Waals surface area contributed by atoms with Crippen LogP contribution in [0.25, 0.3) is 0 Å². The number of carboxylic acids is 1. The van der Waals surface area contributed by atoms with Gasteiger partial charge in [-0.3, -0.25) is 0 Å². The van der Waals surface area contributed by atoms with E-state index in [1.807, 2.05) is 27.7 Å². The number of anilines is 1. The van der Waals surface area contributed by atoms with Crippen molar-refractivity contribution in [2.24, 2.45) is 0 Å². The standard InChI is InChI=1S/C28H47N5O4/c1-21(2)37-20-19-32(16-6-5-10-23-12-11-22-9-7-15-29-25(22)30-23)18-13-24(26(34)35)31-27(36)33-17-8-14-28(33,3)4/h11-12,21,24H,5-10,13-20H2,1-4H3,(H,29,30)(H,31,36)(H,34,35). The molecule has 9 nitrogen and oxygen atoms in total. The Morgan fingerprint density at radius 1 is 1.22 bits per heavy atom. The molecule has 1 fully saturated rings. The van der Waals surface area contributed by atoms with Crippen LogP contribution < -0.4 is 10.6 Å². The van der Waals surface area contributed by atoms with Crippen molar-refractivity contribution in [1.82, 2.24) is 20.1 Å². The number of aliphatic carboxylic acids is 1. The number of rotatable bonds is 14. The molecular formula is C28H47N5O4. The molecule has 0 radical (unpaired) electrons. The van der Waals surface area contributed by atoms with E-state index in [0.29, 0.717) is 26.1 Å². The first kappa shape index (κ1) is 29.2. The number of hydrogen-bond acceptors (Lipinski definition) is 6. The van der Waals surface area contributed by atoms with Crippen LogP contribution >= 0.6 is 0 Å². The second-order valence-corrected chi connectivity index (χ2v) is 11.3. The van der Waals surface area contributed by atoms with Crippen LogP contribution in [0.3, 0.4) is 0 Å². The van der Waals surface area contributed by atoms with Gasteiger partial charge in [0.2, 0.25) is 0 Å². The summed E-state index contributed by atoms with van der Waals surface area (Å²) in [7, 11) is 0. The minimum absolute atomic E-state index is 0.153. The van der Waals surface area contributed by atoms with Crippen LogP contribution in [0.1, 0.15) is 77.5 Å². The van der Waals surface area contributed by atoms with E-state index in [1.165, 1.54) is 5.56 Å². The molecule has 1 saturated heterocycles. The number of carbonyl (C=O) groups is 2. The van der Waals surface area contributed by atoms with Crippen molar-refractivity contribution >= 4 is 17.8 Å². The van der Waals surface area contributed by atoms with Crippen LogP contribution in [-0.2, 0) is 22.4 Å². The molecule has 0 aliphatic carbocycles. The van der Waals surface area contributed by atoms with Gasteiger partial charge in [0.15, 0.2) is 0 Å². The van der Waals surface area contributed by atoms with Gasteiger partial charge in [0.05, 0.1) is 12.7 Å². The third-order valence-corrected chi connectivity index (χ3v) is 7.44. The number of fused-ring (bicyclic) bond motifs is 1. The maximum atomic E-state index is 12.8. The fraction of sp³-hybridized carbons (Fsp3) is 0.750. The molecule has 2 aliphatic rings. The number of nitrogens with one attached hydrogen (secondary N) is 2. The lowest BCUT2D eigenvalue weighted by molar-refractivity contribution is -0.139. The molecule has 2 aliphatic heterocycles. The van der Waals surface area contributed by atoms with Crippen LogP contribution in [-0.4, -0.2) is 88.9 Å². The topological polar surface area (TPSA) is 107 Å². The van der Waals surface area contributed by atoms with Gasteiger partial charge in [-0.2, -0.15) is 0 Å². The molecule has 208 valence electrons. The Labute approximate surface area is 222 Å².